The summed E-state index contributed by atoms with van der Waals surface area (Å²) in [6.45, 7) is 6.47. The third-order valence-corrected chi connectivity index (χ3v) is 4.85. The van der Waals surface area contributed by atoms with Crippen LogP contribution in [0.3, 0.4) is 0 Å². The number of hydrogen-bond donors (Lipinski definition) is 1. The standard InChI is InChI=1S/C14H27NO/c1-3-11(2)14(16)10-15-9-8-12-6-4-5-7-13(12)15/h11-14,16H,3-10H2,1-2H3. The minimum atomic E-state index is -0.120. The van der Waals surface area contributed by atoms with Gasteiger partial charge in [-0.15, -0.1) is 0 Å². The summed E-state index contributed by atoms with van der Waals surface area (Å²) in [7, 11) is 0. The lowest BCUT2D eigenvalue weighted by Crippen LogP contribution is -2.41. The third kappa shape index (κ3) is 2.60. The highest BCUT2D eigenvalue weighted by molar-refractivity contribution is 4.90. The largest absolute Gasteiger partial charge is 0.392 e. The molecule has 0 spiro atoms. The molecule has 0 aromatic heterocycles. The topological polar surface area (TPSA) is 23.5 Å². The highest BCUT2D eigenvalue weighted by Crippen LogP contribution is 2.36. The molecule has 1 saturated carbocycles. The zero-order valence-corrected chi connectivity index (χ0v) is 10.9. The fourth-order valence-electron chi connectivity index (χ4n) is 3.42. The van der Waals surface area contributed by atoms with Gasteiger partial charge in [0, 0.05) is 12.6 Å². The second-order valence-corrected chi connectivity index (χ2v) is 5.85. The maximum atomic E-state index is 10.1. The molecule has 4 unspecified atom stereocenters. The van der Waals surface area contributed by atoms with E-state index in [0.717, 1.165) is 24.9 Å². The van der Waals surface area contributed by atoms with Crippen molar-refractivity contribution in [1.82, 2.24) is 4.90 Å². The summed E-state index contributed by atoms with van der Waals surface area (Å²) < 4.78 is 0. The predicted octanol–water partition coefficient (Wildman–Crippen LogP) is 2.66. The molecule has 0 aromatic carbocycles. The number of hydrogen-bond acceptors (Lipinski definition) is 2. The summed E-state index contributed by atoms with van der Waals surface area (Å²) in [5.41, 5.74) is 0. The molecule has 16 heavy (non-hydrogen) atoms. The Morgan fingerprint density at radius 2 is 2.00 bits per heavy atom. The summed E-state index contributed by atoms with van der Waals surface area (Å²) in [4.78, 5) is 2.57. The van der Waals surface area contributed by atoms with Gasteiger partial charge in [0.1, 0.15) is 0 Å². The van der Waals surface area contributed by atoms with Gasteiger partial charge in [0.05, 0.1) is 6.10 Å². The van der Waals surface area contributed by atoms with Crippen LogP contribution in [0.2, 0.25) is 0 Å². The van der Waals surface area contributed by atoms with Crippen LogP contribution in [0.4, 0.5) is 0 Å². The molecule has 0 bridgehead atoms. The van der Waals surface area contributed by atoms with Gasteiger partial charge in [0.25, 0.3) is 0 Å². The average Bonchev–Trinajstić information content (AvgIpc) is 2.72. The van der Waals surface area contributed by atoms with E-state index in [-0.39, 0.29) is 6.10 Å². The maximum Gasteiger partial charge on any atom is 0.0692 e. The van der Waals surface area contributed by atoms with Gasteiger partial charge in [-0.25, -0.2) is 0 Å². The van der Waals surface area contributed by atoms with Gasteiger partial charge in [-0.05, 0) is 37.6 Å². The molecule has 0 radical (unpaired) electrons. The first-order chi connectivity index (χ1) is 7.72. The molecule has 1 aliphatic carbocycles. The van der Waals surface area contributed by atoms with Gasteiger partial charge in [-0.3, -0.25) is 4.90 Å². The molecular formula is C14H27NO. The average molecular weight is 225 g/mol. The Kier molecular flexibility index (Phi) is 4.26. The lowest BCUT2D eigenvalue weighted by atomic mass is 9.85. The molecule has 2 fully saturated rings. The minimum absolute atomic E-state index is 0.120. The van der Waals surface area contributed by atoms with Crippen LogP contribution in [-0.4, -0.2) is 35.2 Å². The summed E-state index contributed by atoms with van der Waals surface area (Å²) >= 11 is 0. The number of likely N-dealkylation sites (tertiary alicyclic amines) is 1. The second kappa shape index (κ2) is 5.50. The Morgan fingerprint density at radius 1 is 1.25 bits per heavy atom. The summed E-state index contributed by atoms with van der Waals surface area (Å²) in [6.07, 6.45) is 7.98. The van der Waals surface area contributed by atoms with Crippen molar-refractivity contribution >= 4 is 0 Å². The van der Waals surface area contributed by atoms with Crippen LogP contribution < -0.4 is 0 Å². The Bertz CT molecular complexity index is 219. The van der Waals surface area contributed by atoms with E-state index in [1.807, 2.05) is 0 Å². The van der Waals surface area contributed by atoms with E-state index in [2.05, 4.69) is 18.7 Å². The SMILES string of the molecule is CCC(C)C(O)CN1CCC2CCCCC21. The summed E-state index contributed by atoms with van der Waals surface area (Å²) in [5, 5.41) is 10.1. The van der Waals surface area contributed by atoms with Crippen LogP contribution in [0.5, 0.6) is 0 Å². The van der Waals surface area contributed by atoms with Gasteiger partial charge < -0.3 is 5.11 Å². The fourth-order valence-corrected chi connectivity index (χ4v) is 3.42. The molecule has 1 heterocycles. The number of aliphatic hydroxyl groups excluding tert-OH is 1. The van der Waals surface area contributed by atoms with Crippen molar-refractivity contribution in [2.24, 2.45) is 11.8 Å². The first kappa shape index (κ1) is 12.4. The Labute approximate surface area is 100 Å². The normalized spacial score (nSPS) is 34.7. The summed E-state index contributed by atoms with van der Waals surface area (Å²) in [6, 6.07) is 0.799. The van der Waals surface area contributed by atoms with Crippen LogP contribution in [0.1, 0.15) is 52.4 Å². The molecule has 2 heteroatoms. The van der Waals surface area contributed by atoms with E-state index in [9.17, 15) is 5.11 Å². The minimum Gasteiger partial charge on any atom is -0.392 e. The van der Waals surface area contributed by atoms with Crippen molar-refractivity contribution < 1.29 is 5.11 Å². The van der Waals surface area contributed by atoms with Crippen LogP contribution in [-0.2, 0) is 0 Å². The third-order valence-electron chi connectivity index (χ3n) is 4.85. The van der Waals surface area contributed by atoms with E-state index in [4.69, 9.17) is 0 Å². The van der Waals surface area contributed by atoms with Crippen LogP contribution >= 0.6 is 0 Å². The highest BCUT2D eigenvalue weighted by atomic mass is 16.3. The van der Waals surface area contributed by atoms with E-state index in [1.165, 1.54) is 38.6 Å². The van der Waals surface area contributed by atoms with E-state index >= 15 is 0 Å². The van der Waals surface area contributed by atoms with Gasteiger partial charge in [0.2, 0.25) is 0 Å². The quantitative estimate of drug-likeness (QED) is 0.795. The zero-order valence-electron chi connectivity index (χ0n) is 10.9. The molecule has 2 aliphatic rings. The number of aliphatic hydroxyl groups is 1. The van der Waals surface area contributed by atoms with E-state index < -0.39 is 0 Å². The Balaban J connectivity index is 1.85. The number of fused-ring (bicyclic) bond motifs is 1. The Hall–Kier alpha value is -0.0800. The van der Waals surface area contributed by atoms with Crippen molar-refractivity contribution in [2.75, 3.05) is 13.1 Å². The first-order valence-corrected chi connectivity index (χ1v) is 7.14. The van der Waals surface area contributed by atoms with Crippen molar-refractivity contribution in [1.29, 1.82) is 0 Å². The lowest BCUT2D eigenvalue weighted by Gasteiger charge is -2.33. The van der Waals surface area contributed by atoms with Crippen molar-refractivity contribution in [3.63, 3.8) is 0 Å². The van der Waals surface area contributed by atoms with Crippen LogP contribution in [0, 0.1) is 11.8 Å². The van der Waals surface area contributed by atoms with Crippen LogP contribution in [0.25, 0.3) is 0 Å². The van der Waals surface area contributed by atoms with Gasteiger partial charge >= 0.3 is 0 Å². The summed E-state index contributed by atoms with van der Waals surface area (Å²) in [5.74, 6) is 1.39. The van der Waals surface area contributed by atoms with E-state index in [0.29, 0.717) is 5.92 Å². The van der Waals surface area contributed by atoms with Crippen LogP contribution in [0.15, 0.2) is 0 Å². The predicted molar refractivity (Wildman–Crippen MR) is 67.4 cm³/mol. The number of rotatable bonds is 4. The fraction of sp³-hybridized carbons (Fsp3) is 1.00. The molecule has 1 aliphatic heterocycles. The van der Waals surface area contributed by atoms with E-state index in [1.54, 1.807) is 0 Å². The molecule has 94 valence electrons. The molecule has 4 atom stereocenters. The molecule has 1 saturated heterocycles. The highest BCUT2D eigenvalue weighted by Gasteiger charge is 2.36. The monoisotopic (exact) mass is 225 g/mol. The Morgan fingerprint density at radius 3 is 2.75 bits per heavy atom. The molecular weight excluding hydrogens is 198 g/mol. The first-order valence-electron chi connectivity index (χ1n) is 7.14. The van der Waals surface area contributed by atoms with Crippen molar-refractivity contribution in [3.05, 3.63) is 0 Å². The second-order valence-electron chi connectivity index (χ2n) is 5.85. The molecule has 2 rings (SSSR count). The molecule has 0 aromatic rings. The van der Waals surface area contributed by atoms with Crippen molar-refractivity contribution in [2.45, 2.75) is 64.5 Å². The van der Waals surface area contributed by atoms with Gasteiger partial charge in [-0.2, -0.15) is 0 Å². The molecule has 2 nitrogen and oxygen atoms in total. The molecule has 1 N–H and O–H groups in total. The zero-order chi connectivity index (χ0) is 11.5. The van der Waals surface area contributed by atoms with Gasteiger partial charge in [-0.1, -0.05) is 33.1 Å². The van der Waals surface area contributed by atoms with Gasteiger partial charge in [0.15, 0.2) is 0 Å². The lowest BCUT2D eigenvalue weighted by molar-refractivity contribution is 0.0538. The molecule has 0 amide bonds. The van der Waals surface area contributed by atoms with Crippen molar-refractivity contribution in [3.8, 4) is 0 Å². The number of β-amino-alcohol motifs (C(OH)–C–C–N with tert-alkyl or cyclic N) is 1. The number of nitrogens with zero attached hydrogens (tertiary/aromatic N) is 1. The maximum absolute atomic E-state index is 10.1. The smallest absolute Gasteiger partial charge is 0.0692 e.